The molecule has 0 aliphatic carbocycles. The Morgan fingerprint density at radius 1 is 1.26 bits per heavy atom. The summed E-state index contributed by atoms with van der Waals surface area (Å²) in [5.74, 6) is 0.959. The highest BCUT2D eigenvalue weighted by molar-refractivity contribution is 5.46. The summed E-state index contributed by atoms with van der Waals surface area (Å²) in [5.41, 5.74) is 0.493. The van der Waals surface area contributed by atoms with E-state index in [-0.39, 0.29) is 19.3 Å². The molecule has 5 nitrogen and oxygen atoms in total. The highest BCUT2D eigenvalue weighted by atomic mass is 16.5. The summed E-state index contributed by atoms with van der Waals surface area (Å²) < 4.78 is 15.9. The van der Waals surface area contributed by atoms with Gasteiger partial charge in [-0.05, 0) is 26.0 Å². The van der Waals surface area contributed by atoms with Gasteiger partial charge in [0.15, 0.2) is 11.5 Å². The van der Waals surface area contributed by atoms with Gasteiger partial charge < -0.3 is 19.3 Å². The third-order valence-corrected chi connectivity index (χ3v) is 2.35. The topological polar surface area (TPSA) is 71.7 Å². The van der Waals surface area contributed by atoms with Crippen LogP contribution in [0.4, 0.5) is 0 Å². The van der Waals surface area contributed by atoms with Crippen molar-refractivity contribution in [3.05, 3.63) is 23.8 Å². The Morgan fingerprint density at radius 3 is 2.58 bits per heavy atom. The molecular formula is C14H19NO4. The van der Waals surface area contributed by atoms with Crippen molar-refractivity contribution in [2.45, 2.75) is 26.1 Å². The van der Waals surface area contributed by atoms with Crippen LogP contribution in [-0.2, 0) is 4.74 Å². The molecule has 0 aliphatic rings. The number of nitriles is 1. The highest BCUT2D eigenvalue weighted by Crippen LogP contribution is 2.27. The summed E-state index contributed by atoms with van der Waals surface area (Å²) in [6.45, 7) is 4.12. The molecule has 0 saturated heterocycles. The number of ether oxygens (including phenoxy) is 3. The fourth-order valence-corrected chi connectivity index (χ4v) is 1.39. The van der Waals surface area contributed by atoms with E-state index in [0.29, 0.717) is 17.1 Å². The zero-order chi connectivity index (χ0) is 14.3. The maximum Gasteiger partial charge on any atom is 0.162 e. The van der Waals surface area contributed by atoms with Crippen LogP contribution in [0, 0.1) is 11.3 Å². The van der Waals surface area contributed by atoms with Crippen LogP contribution in [-0.4, -0.2) is 37.6 Å². The monoisotopic (exact) mass is 265 g/mol. The molecule has 0 saturated carbocycles. The van der Waals surface area contributed by atoms with E-state index in [2.05, 4.69) is 0 Å². The third-order valence-electron chi connectivity index (χ3n) is 2.35. The van der Waals surface area contributed by atoms with E-state index in [1.54, 1.807) is 18.2 Å². The van der Waals surface area contributed by atoms with E-state index in [0.717, 1.165) is 0 Å². The van der Waals surface area contributed by atoms with E-state index in [4.69, 9.17) is 19.5 Å². The van der Waals surface area contributed by atoms with Gasteiger partial charge in [-0.1, -0.05) is 0 Å². The zero-order valence-electron chi connectivity index (χ0n) is 11.4. The molecule has 1 unspecified atom stereocenters. The van der Waals surface area contributed by atoms with E-state index in [1.165, 1.54) is 7.11 Å². The van der Waals surface area contributed by atoms with Gasteiger partial charge in [-0.25, -0.2) is 0 Å². The number of hydrogen-bond donors (Lipinski definition) is 1. The molecule has 1 atom stereocenters. The van der Waals surface area contributed by atoms with Crippen molar-refractivity contribution in [3.8, 4) is 17.6 Å². The number of methoxy groups -OCH3 is 1. The molecule has 5 heteroatoms. The van der Waals surface area contributed by atoms with Crippen LogP contribution < -0.4 is 9.47 Å². The van der Waals surface area contributed by atoms with E-state index < -0.39 is 6.10 Å². The molecular weight excluding hydrogens is 246 g/mol. The first-order valence-electron chi connectivity index (χ1n) is 6.07. The average Bonchev–Trinajstić information content (AvgIpc) is 2.42. The second kappa shape index (κ2) is 7.62. The summed E-state index contributed by atoms with van der Waals surface area (Å²) in [4.78, 5) is 0. The fourth-order valence-electron chi connectivity index (χ4n) is 1.39. The van der Waals surface area contributed by atoms with Gasteiger partial charge in [0, 0.05) is 6.07 Å². The number of aliphatic hydroxyl groups excluding tert-OH is 1. The molecule has 1 rings (SSSR count). The van der Waals surface area contributed by atoms with Crippen molar-refractivity contribution in [2.75, 3.05) is 20.3 Å². The van der Waals surface area contributed by atoms with Gasteiger partial charge in [0.05, 0.1) is 31.5 Å². The lowest BCUT2D eigenvalue weighted by atomic mass is 10.2. The third kappa shape index (κ3) is 5.16. The molecule has 0 amide bonds. The smallest absolute Gasteiger partial charge is 0.162 e. The first-order chi connectivity index (χ1) is 9.06. The Labute approximate surface area is 113 Å². The van der Waals surface area contributed by atoms with Crippen molar-refractivity contribution in [1.29, 1.82) is 5.26 Å². The van der Waals surface area contributed by atoms with Crippen molar-refractivity contribution < 1.29 is 19.3 Å². The van der Waals surface area contributed by atoms with Gasteiger partial charge in [0.2, 0.25) is 0 Å². The van der Waals surface area contributed by atoms with Gasteiger partial charge in [-0.15, -0.1) is 0 Å². The van der Waals surface area contributed by atoms with E-state index in [1.807, 2.05) is 19.9 Å². The minimum atomic E-state index is -0.706. The molecule has 0 aromatic heterocycles. The van der Waals surface area contributed by atoms with Crippen LogP contribution in [0.1, 0.15) is 19.4 Å². The quantitative estimate of drug-likeness (QED) is 0.813. The summed E-state index contributed by atoms with van der Waals surface area (Å²) in [6, 6.07) is 6.89. The van der Waals surface area contributed by atoms with Crippen molar-refractivity contribution in [3.63, 3.8) is 0 Å². The van der Waals surface area contributed by atoms with E-state index >= 15 is 0 Å². The summed E-state index contributed by atoms with van der Waals surface area (Å²) in [6.07, 6.45) is -0.637. The lowest BCUT2D eigenvalue weighted by molar-refractivity contribution is -0.0125. The molecule has 0 aliphatic heterocycles. The van der Waals surface area contributed by atoms with Crippen molar-refractivity contribution in [2.24, 2.45) is 0 Å². The molecule has 19 heavy (non-hydrogen) atoms. The Morgan fingerprint density at radius 2 is 2.00 bits per heavy atom. The SMILES string of the molecule is COc1cc(C#N)ccc1OCC(O)COC(C)C. The Balaban J connectivity index is 2.55. The maximum absolute atomic E-state index is 9.68. The summed E-state index contributed by atoms with van der Waals surface area (Å²) >= 11 is 0. The molecule has 104 valence electrons. The van der Waals surface area contributed by atoms with Crippen LogP contribution in [0.2, 0.25) is 0 Å². The van der Waals surface area contributed by atoms with Crippen molar-refractivity contribution >= 4 is 0 Å². The molecule has 0 radical (unpaired) electrons. The van der Waals surface area contributed by atoms with Crippen LogP contribution in [0.15, 0.2) is 18.2 Å². The second-order valence-corrected chi connectivity index (χ2v) is 4.32. The minimum Gasteiger partial charge on any atom is -0.493 e. The predicted molar refractivity (Wildman–Crippen MR) is 70.3 cm³/mol. The largest absolute Gasteiger partial charge is 0.493 e. The standard InChI is InChI=1S/C14H19NO4/c1-10(2)18-8-12(16)9-19-13-5-4-11(7-15)6-14(13)17-3/h4-6,10,12,16H,8-9H2,1-3H3. The minimum absolute atomic E-state index is 0.0686. The molecule has 1 aromatic carbocycles. The normalized spacial score (nSPS) is 12.0. The molecule has 1 N–H and O–H groups in total. The van der Waals surface area contributed by atoms with Crippen LogP contribution in [0.3, 0.4) is 0 Å². The predicted octanol–water partition coefficient (Wildman–Crippen LogP) is 1.73. The highest BCUT2D eigenvalue weighted by Gasteiger charge is 2.10. The van der Waals surface area contributed by atoms with Gasteiger partial charge in [0.25, 0.3) is 0 Å². The molecule has 1 aromatic rings. The maximum atomic E-state index is 9.68. The lowest BCUT2D eigenvalue weighted by Gasteiger charge is -2.16. The number of nitrogens with zero attached hydrogens (tertiary/aromatic N) is 1. The number of hydrogen-bond acceptors (Lipinski definition) is 5. The lowest BCUT2D eigenvalue weighted by Crippen LogP contribution is -2.25. The van der Waals surface area contributed by atoms with Gasteiger partial charge in [0.1, 0.15) is 12.7 Å². The molecule has 0 fully saturated rings. The van der Waals surface area contributed by atoms with Gasteiger partial charge in [-0.2, -0.15) is 5.26 Å². The molecule has 0 heterocycles. The average molecular weight is 265 g/mol. The summed E-state index contributed by atoms with van der Waals surface area (Å²) in [5, 5.41) is 18.5. The molecule has 0 spiro atoms. The first-order valence-corrected chi connectivity index (χ1v) is 6.07. The number of rotatable bonds is 7. The van der Waals surface area contributed by atoms with E-state index in [9.17, 15) is 5.11 Å². The van der Waals surface area contributed by atoms with Crippen molar-refractivity contribution in [1.82, 2.24) is 0 Å². The van der Waals surface area contributed by atoms with Gasteiger partial charge >= 0.3 is 0 Å². The van der Waals surface area contributed by atoms with Crippen LogP contribution >= 0.6 is 0 Å². The second-order valence-electron chi connectivity index (χ2n) is 4.32. The zero-order valence-corrected chi connectivity index (χ0v) is 11.4. The Bertz CT molecular complexity index is 440. The van der Waals surface area contributed by atoms with Crippen LogP contribution in [0.5, 0.6) is 11.5 Å². The Hall–Kier alpha value is -1.77. The first kappa shape index (κ1) is 15.3. The summed E-state index contributed by atoms with van der Waals surface area (Å²) in [7, 11) is 1.50. The molecule has 0 bridgehead atoms. The van der Waals surface area contributed by atoms with Gasteiger partial charge in [-0.3, -0.25) is 0 Å². The number of benzene rings is 1. The fraction of sp³-hybridized carbons (Fsp3) is 0.500. The van der Waals surface area contributed by atoms with Crippen LogP contribution in [0.25, 0.3) is 0 Å². The Kier molecular flexibility index (Phi) is 6.13. The number of aliphatic hydroxyl groups is 1.